The Bertz CT molecular complexity index is 931. The topological polar surface area (TPSA) is 93.3 Å². The van der Waals surface area contributed by atoms with Crippen molar-refractivity contribution < 1.29 is 9.84 Å². The third-order valence-electron chi connectivity index (χ3n) is 3.59. The van der Waals surface area contributed by atoms with Gasteiger partial charge in [-0.15, -0.1) is 0 Å². The van der Waals surface area contributed by atoms with E-state index in [2.05, 4.69) is 15.3 Å². The zero-order chi connectivity index (χ0) is 18.0. The van der Waals surface area contributed by atoms with Crippen LogP contribution in [0.25, 0.3) is 0 Å². The number of nitrogens with one attached hydrogen (secondary N) is 1. The molecule has 0 fully saturated rings. The van der Waals surface area contributed by atoms with Crippen LogP contribution in [-0.4, -0.2) is 15.1 Å². The smallest absolute Gasteiger partial charge is 0.222 e. The molecule has 0 radical (unpaired) electrons. The van der Waals surface area contributed by atoms with Crippen molar-refractivity contribution in [3.05, 3.63) is 58.7 Å². The van der Waals surface area contributed by atoms with Crippen LogP contribution in [0.1, 0.15) is 11.1 Å². The molecule has 0 aliphatic carbocycles. The number of aromatic hydroxyl groups is 1. The molecule has 25 heavy (non-hydrogen) atoms. The number of benzene rings is 2. The highest BCUT2D eigenvalue weighted by Gasteiger charge is 2.12. The standard InChI is InChI=1S/C18H17ClN4O2/c1-10-8-13(24)4-5-14(10)22-17-16(9-21-18(20)23-17)25-15-6-3-12(19)7-11(15)2/h3-9,24H,1-2H3,(H3,20,21,22,23). The van der Waals surface area contributed by atoms with Gasteiger partial charge < -0.3 is 20.9 Å². The van der Waals surface area contributed by atoms with Gasteiger partial charge in [-0.25, -0.2) is 4.98 Å². The van der Waals surface area contributed by atoms with E-state index in [1.807, 2.05) is 19.9 Å². The summed E-state index contributed by atoms with van der Waals surface area (Å²) in [5.74, 6) is 1.81. The van der Waals surface area contributed by atoms with Crippen LogP contribution >= 0.6 is 11.6 Å². The summed E-state index contributed by atoms with van der Waals surface area (Å²) in [5.41, 5.74) is 8.22. The highest BCUT2D eigenvalue weighted by Crippen LogP contribution is 2.33. The Morgan fingerprint density at radius 2 is 1.88 bits per heavy atom. The van der Waals surface area contributed by atoms with Gasteiger partial charge in [0.15, 0.2) is 11.6 Å². The van der Waals surface area contributed by atoms with Crippen LogP contribution in [0.5, 0.6) is 17.2 Å². The van der Waals surface area contributed by atoms with Crippen molar-refractivity contribution >= 4 is 29.1 Å². The highest BCUT2D eigenvalue weighted by molar-refractivity contribution is 6.30. The van der Waals surface area contributed by atoms with Gasteiger partial charge in [0, 0.05) is 10.7 Å². The van der Waals surface area contributed by atoms with Crippen molar-refractivity contribution in [1.29, 1.82) is 0 Å². The molecule has 7 heteroatoms. The van der Waals surface area contributed by atoms with E-state index in [4.69, 9.17) is 22.1 Å². The molecule has 1 heterocycles. The Kier molecular flexibility index (Phi) is 4.63. The molecule has 6 nitrogen and oxygen atoms in total. The summed E-state index contributed by atoms with van der Waals surface area (Å²) in [7, 11) is 0. The molecule has 3 aromatic rings. The van der Waals surface area contributed by atoms with Crippen LogP contribution in [0.2, 0.25) is 5.02 Å². The van der Waals surface area contributed by atoms with Crippen molar-refractivity contribution in [1.82, 2.24) is 9.97 Å². The average molecular weight is 357 g/mol. The predicted octanol–water partition coefficient (Wildman–Crippen LogP) is 4.57. The lowest BCUT2D eigenvalue weighted by molar-refractivity contribution is 0.475. The van der Waals surface area contributed by atoms with Crippen LogP contribution in [0.3, 0.4) is 0 Å². The number of halogens is 1. The second-order valence-electron chi connectivity index (χ2n) is 5.58. The predicted molar refractivity (Wildman–Crippen MR) is 98.8 cm³/mol. The van der Waals surface area contributed by atoms with Gasteiger partial charge in [0.05, 0.1) is 6.20 Å². The minimum absolute atomic E-state index is 0.124. The molecule has 4 N–H and O–H groups in total. The lowest BCUT2D eigenvalue weighted by atomic mass is 10.2. The van der Waals surface area contributed by atoms with E-state index in [-0.39, 0.29) is 11.7 Å². The maximum absolute atomic E-state index is 9.54. The second-order valence-corrected chi connectivity index (χ2v) is 6.01. The maximum atomic E-state index is 9.54. The molecule has 0 unspecified atom stereocenters. The Hall–Kier alpha value is -2.99. The number of phenolic OH excluding ortho intramolecular Hbond substituents is 1. The summed E-state index contributed by atoms with van der Waals surface area (Å²) in [6.07, 6.45) is 1.51. The van der Waals surface area contributed by atoms with Crippen molar-refractivity contribution in [3.8, 4) is 17.2 Å². The fourth-order valence-electron chi connectivity index (χ4n) is 2.31. The highest BCUT2D eigenvalue weighted by atomic mass is 35.5. The molecule has 2 aromatic carbocycles. The maximum Gasteiger partial charge on any atom is 0.222 e. The molecule has 0 spiro atoms. The summed E-state index contributed by atoms with van der Waals surface area (Å²) in [4.78, 5) is 8.21. The first-order valence-corrected chi connectivity index (χ1v) is 7.93. The van der Waals surface area contributed by atoms with Gasteiger partial charge in [0.2, 0.25) is 5.95 Å². The number of ether oxygens (including phenoxy) is 1. The zero-order valence-corrected chi connectivity index (χ0v) is 14.5. The molecule has 3 rings (SSSR count). The molecule has 0 saturated carbocycles. The van der Waals surface area contributed by atoms with E-state index in [9.17, 15) is 5.11 Å². The fourth-order valence-corrected chi connectivity index (χ4v) is 2.54. The fraction of sp³-hybridized carbons (Fsp3) is 0.111. The Morgan fingerprint density at radius 3 is 2.60 bits per heavy atom. The average Bonchev–Trinajstić information content (AvgIpc) is 2.55. The number of rotatable bonds is 4. The third kappa shape index (κ3) is 3.92. The van der Waals surface area contributed by atoms with E-state index in [0.29, 0.717) is 22.3 Å². The molecule has 128 valence electrons. The first-order valence-electron chi connectivity index (χ1n) is 7.55. The van der Waals surface area contributed by atoms with E-state index < -0.39 is 0 Å². The van der Waals surface area contributed by atoms with Crippen LogP contribution in [0.15, 0.2) is 42.6 Å². The number of nitrogens with two attached hydrogens (primary N) is 1. The largest absolute Gasteiger partial charge is 0.508 e. The second kappa shape index (κ2) is 6.86. The first-order chi connectivity index (χ1) is 11.9. The first kappa shape index (κ1) is 16.9. The lowest BCUT2D eigenvalue weighted by Gasteiger charge is -2.15. The van der Waals surface area contributed by atoms with Crippen LogP contribution in [0, 0.1) is 13.8 Å². The SMILES string of the molecule is Cc1cc(O)ccc1Nc1nc(N)ncc1Oc1ccc(Cl)cc1C. The van der Waals surface area contributed by atoms with Crippen molar-refractivity contribution in [2.75, 3.05) is 11.1 Å². The van der Waals surface area contributed by atoms with Gasteiger partial charge in [0.25, 0.3) is 0 Å². The van der Waals surface area contributed by atoms with Gasteiger partial charge in [-0.2, -0.15) is 4.98 Å². The number of anilines is 3. The number of aryl methyl sites for hydroxylation is 2. The number of hydrogen-bond acceptors (Lipinski definition) is 6. The van der Waals surface area contributed by atoms with E-state index in [0.717, 1.165) is 16.8 Å². The van der Waals surface area contributed by atoms with Crippen LogP contribution in [0.4, 0.5) is 17.5 Å². The molecule has 0 aliphatic heterocycles. The summed E-state index contributed by atoms with van der Waals surface area (Å²) in [5, 5.41) is 13.3. The normalized spacial score (nSPS) is 10.5. The lowest BCUT2D eigenvalue weighted by Crippen LogP contribution is -2.03. The van der Waals surface area contributed by atoms with Gasteiger partial charge in [-0.05, 0) is 61.4 Å². The molecular formula is C18H17ClN4O2. The molecule has 1 aromatic heterocycles. The Morgan fingerprint density at radius 1 is 1.08 bits per heavy atom. The van der Waals surface area contributed by atoms with Gasteiger partial charge in [-0.1, -0.05) is 11.6 Å². The Labute approximate surface area is 150 Å². The van der Waals surface area contributed by atoms with E-state index >= 15 is 0 Å². The molecule has 0 amide bonds. The number of nitrogens with zero attached hydrogens (tertiary/aromatic N) is 2. The van der Waals surface area contributed by atoms with Gasteiger partial charge in [0.1, 0.15) is 11.5 Å². The summed E-state index contributed by atoms with van der Waals surface area (Å²) < 4.78 is 5.94. The molecular weight excluding hydrogens is 340 g/mol. The van der Waals surface area contributed by atoms with Crippen molar-refractivity contribution in [2.45, 2.75) is 13.8 Å². The third-order valence-corrected chi connectivity index (χ3v) is 3.83. The quantitative estimate of drug-likeness (QED) is 0.593. The Balaban J connectivity index is 1.95. The summed E-state index contributed by atoms with van der Waals surface area (Å²) in [6.45, 7) is 3.77. The molecule has 0 bridgehead atoms. The van der Waals surface area contributed by atoms with Gasteiger partial charge >= 0.3 is 0 Å². The van der Waals surface area contributed by atoms with Crippen LogP contribution < -0.4 is 15.8 Å². The monoisotopic (exact) mass is 356 g/mol. The minimum atomic E-state index is 0.124. The van der Waals surface area contributed by atoms with Crippen LogP contribution in [-0.2, 0) is 0 Å². The number of phenols is 1. The molecule has 0 atom stereocenters. The van der Waals surface area contributed by atoms with E-state index in [1.165, 1.54) is 6.20 Å². The van der Waals surface area contributed by atoms with Crippen molar-refractivity contribution in [3.63, 3.8) is 0 Å². The van der Waals surface area contributed by atoms with Gasteiger partial charge in [-0.3, -0.25) is 0 Å². The van der Waals surface area contributed by atoms with Crippen molar-refractivity contribution in [2.24, 2.45) is 0 Å². The zero-order valence-electron chi connectivity index (χ0n) is 13.7. The number of nitrogen functional groups attached to an aromatic ring is 1. The number of hydrogen-bond donors (Lipinski definition) is 3. The summed E-state index contributed by atoms with van der Waals surface area (Å²) in [6, 6.07) is 10.3. The van der Waals surface area contributed by atoms with E-state index in [1.54, 1.807) is 30.3 Å². The molecule has 0 saturated heterocycles. The number of aromatic nitrogens is 2. The minimum Gasteiger partial charge on any atom is -0.508 e. The molecule has 0 aliphatic rings. The summed E-state index contributed by atoms with van der Waals surface area (Å²) >= 11 is 5.98.